The number of anilines is 1. The molecule has 1 N–H and O–H groups in total. The predicted molar refractivity (Wildman–Crippen MR) is 83.8 cm³/mol. The Hall–Kier alpha value is -1.62. The molecule has 5 heteroatoms. The van der Waals surface area contributed by atoms with Gasteiger partial charge in [-0.1, -0.05) is 22.0 Å². The Morgan fingerprint density at radius 3 is 2.75 bits per heavy atom. The minimum absolute atomic E-state index is 0.0192. The Balaban J connectivity index is 1.96. The van der Waals surface area contributed by atoms with Gasteiger partial charge in [0.25, 0.3) is 0 Å². The van der Waals surface area contributed by atoms with Gasteiger partial charge >= 0.3 is 0 Å². The Labute approximate surface area is 127 Å². The second-order valence-electron chi connectivity index (χ2n) is 4.83. The summed E-state index contributed by atoms with van der Waals surface area (Å²) in [7, 11) is 1.92. The predicted octanol–water partition coefficient (Wildman–Crippen LogP) is 3.37. The van der Waals surface area contributed by atoms with Crippen molar-refractivity contribution < 1.29 is 4.79 Å². The van der Waals surface area contributed by atoms with Crippen molar-refractivity contribution in [3.05, 3.63) is 45.7 Å². The summed E-state index contributed by atoms with van der Waals surface area (Å²) >= 11 is 3.39. The van der Waals surface area contributed by atoms with Crippen LogP contribution in [0.15, 0.2) is 28.7 Å². The Morgan fingerprint density at radius 2 is 2.15 bits per heavy atom. The normalized spacial score (nSPS) is 10.6. The molecule has 0 aliphatic heterocycles. The van der Waals surface area contributed by atoms with Crippen LogP contribution >= 0.6 is 15.9 Å². The van der Waals surface area contributed by atoms with Crippen molar-refractivity contribution in [2.24, 2.45) is 7.05 Å². The summed E-state index contributed by atoms with van der Waals surface area (Å²) in [5.41, 5.74) is 4.10. The van der Waals surface area contributed by atoms with Crippen LogP contribution in [0.4, 0.5) is 5.69 Å². The maximum Gasteiger partial charge on any atom is 0.224 e. The van der Waals surface area contributed by atoms with Crippen LogP contribution in [0.3, 0.4) is 0 Å². The van der Waals surface area contributed by atoms with Crippen molar-refractivity contribution in [1.29, 1.82) is 0 Å². The van der Waals surface area contributed by atoms with Crippen LogP contribution in [0.5, 0.6) is 0 Å². The molecule has 1 heterocycles. The molecule has 1 aromatic carbocycles. The molecular weight excluding hydrogens is 318 g/mol. The number of nitrogens with one attached hydrogen (secondary N) is 1. The quantitative estimate of drug-likeness (QED) is 0.931. The summed E-state index contributed by atoms with van der Waals surface area (Å²) in [6.45, 7) is 4.01. The zero-order valence-electron chi connectivity index (χ0n) is 11.9. The number of aryl methyl sites for hydroxylation is 2. The van der Waals surface area contributed by atoms with Gasteiger partial charge in [-0.25, -0.2) is 0 Å². The lowest BCUT2D eigenvalue weighted by Gasteiger charge is -2.06. The molecule has 0 saturated carbocycles. The minimum Gasteiger partial charge on any atom is -0.326 e. The molecule has 0 spiro atoms. The minimum atomic E-state index is 0.0192. The molecule has 0 atom stereocenters. The number of hydrogen-bond acceptors (Lipinski definition) is 2. The number of aromatic nitrogens is 2. The smallest absolute Gasteiger partial charge is 0.224 e. The number of carbonyl (C=O) groups excluding carboxylic acids is 1. The lowest BCUT2D eigenvalue weighted by Crippen LogP contribution is -2.12. The number of carbonyl (C=O) groups is 1. The van der Waals surface area contributed by atoms with Crippen molar-refractivity contribution >= 4 is 27.5 Å². The van der Waals surface area contributed by atoms with E-state index in [2.05, 4.69) is 26.3 Å². The molecule has 2 rings (SSSR count). The molecule has 106 valence electrons. The highest BCUT2D eigenvalue weighted by molar-refractivity contribution is 9.10. The van der Waals surface area contributed by atoms with Crippen molar-refractivity contribution in [2.75, 3.05) is 5.32 Å². The summed E-state index contributed by atoms with van der Waals surface area (Å²) in [5, 5.41) is 7.27. The Morgan fingerprint density at radius 1 is 1.40 bits per heavy atom. The van der Waals surface area contributed by atoms with Gasteiger partial charge in [0.1, 0.15) is 0 Å². The van der Waals surface area contributed by atoms with Crippen LogP contribution in [0.2, 0.25) is 0 Å². The third-order valence-corrected chi connectivity index (χ3v) is 3.86. The van der Waals surface area contributed by atoms with Gasteiger partial charge in [0.15, 0.2) is 0 Å². The second kappa shape index (κ2) is 6.22. The van der Waals surface area contributed by atoms with E-state index in [1.807, 2.05) is 49.8 Å². The van der Waals surface area contributed by atoms with E-state index in [0.717, 1.165) is 27.1 Å². The SMILES string of the molecule is Cc1nn(C)c(C)c1CCC(=O)Nc1cccc(Br)c1. The van der Waals surface area contributed by atoms with Gasteiger partial charge in [-0.15, -0.1) is 0 Å². The standard InChI is InChI=1S/C15H18BrN3O/c1-10-14(11(2)19(3)18-10)7-8-15(20)17-13-6-4-5-12(16)9-13/h4-6,9H,7-8H2,1-3H3,(H,17,20). The molecule has 0 unspecified atom stereocenters. The molecule has 20 heavy (non-hydrogen) atoms. The molecule has 0 bridgehead atoms. The number of halogens is 1. The zero-order chi connectivity index (χ0) is 14.7. The number of rotatable bonds is 4. The van der Waals surface area contributed by atoms with E-state index < -0.39 is 0 Å². The summed E-state index contributed by atoms with van der Waals surface area (Å²) in [6, 6.07) is 7.59. The highest BCUT2D eigenvalue weighted by Crippen LogP contribution is 2.17. The Kier molecular flexibility index (Phi) is 4.60. The summed E-state index contributed by atoms with van der Waals surface area (Å²) in [6.07, 6.45) is 1.17. The molecule has 4 nitrogen and oxygen atoms in total. The van der Waals surface area contributed by atoms with Crippen molar-refractivity contribution in [3.8, 4) is 0 Å². The number of benzene rings is 1. The molecule has 1 aromatic heterocycles. The van der Waals surface area contributed by atoms with Gasteiger partial charge in [-0.05, 0) is 44.0 Å². The largest absolute Gasteiger partial charge is 0.326 e. The average molecular weight is 336 g/mol. The number of nitrogens with zero attached hydrogens (tertiary/aromatic N) is 2. The molecular formula is C15H18BrN3O. The fourth-order valence-corrected chi connectivity index (χ4v) is 2.61. The van der Waals surface area contributed by atoms with E-state index in [4.69, 9.17) is 0 Å². The third-order valence-electron chi connectivity index (χ3n) is 3.37. The van der Waals surface area contributed by atoms with E-state index in [1.54, 1.807) is 0 Å². The van der Waals surface area contributed by atoms with E-state index in [0.29, 0.717) is 12.8 Å². The third kappa shape index (κ3) is 3.48. The maximum absolute atomic E-state index is 12.0. The Bertz CT molecular complexity index is 634. The van der Waals surface area contributed by atoms with E-state index in [9.17, 15) is 4.79 Å². The molecule has 1 amide bonds. The number of hydrogen-bond donors (Lipinski definition) is 1. The van der Waals surface area contributed by atoms with Crippen LogP contribution < -0.4 is 5.32 Å². The van der Waals surface area contributed by atoms with Crippen molar-refractivity contribution in [1.82, 2.24) is 9.78 Å². The number of amides is 1. The highest BCUT2D eigenvalue weighted by Gasteiger charge is 2.11. The van der Waals surface area contributed by atoms with Crippen LogP contribution in [0.1, 0.15) is 23.4 Å². The molecule has 2 aromatic rings. The lowest BCUT2D eigenvalue weighted by molar-refractivity contribution is -0.116. The van der Waals surface area contributed by atoms with Crippen molar-refractivity contribution in [3.63, 3.8) is 0 Å². The monoisotopic (exact) mass is 335 g/mol. The van der Waals surface area contributed by atoms with Gasteiger partial charge in [0.2, 0.25) is 5.91 Å². The zero-order valence-corrected chi connectivity index (χ0v) is 13.5. The van der Waals surface area contributed by atoms with E-state index in [-0.39, 0.29) is 5.91 Å². The van der Waals surface area contributed by atoms with Gasteiger partial charge in [0, 0.05) is 29.3 Å². The molecule has 0 saturated heterocycles. The van der Waals surface area contributed by atoms with Gasteiger partial charge in [0.05, 0.1) is 5.69 Å². The van der Waals surface area contributed by atoms with Gasteiger partial charge in [-0.3, -0.25) is 9.48 Å². The lowest BCUT2D eigenvalue weighted by atomic mass is 10.1. The fraction of sp³-hybridized carbons (Fsp3) is 0.333. The maximum atomic E-state index is 12.0. The van der Waals surface area contributed by atoms with Gasteiger partial charge < -0.3 is 5.32 Å². The van der Waals surface area contributed by atoms with E-state index >= 15 is 0 Å². The molecule has 0 fully saturated rings. The fourth-order valence-electron chi connectivity index (χ4n) is 2.21. The second-order valence-corrected chi connectivity index (χ2v) is 5.75. The van der Waals surface area contributed by atoms with Crippen LogP contribution in [0, 0.1) is 13.8 Å². The first-order valence-corrected chi connectivity index (χ1v) is 7.31. The van der Waals surface area contributed by atoms with Crippen LogP contribution in [-0.2, 0) is 18.3 Å². The van der Waals surface area contributed by atoms with Crippen molar-refractivity contribution in [2.45, 2.75) is 26.7 Å². The first-order chi connectivity index (χ1) is 9.47. The average Bonchev–Trinajstić information content (AvgIpc) is 2.61. The van der Waals surface area contributed by atoms with Gasteiger partial charge in [-0.2, -0.15) is 5.10 Å². The summed E-state index contributed by atoms with van der Waals surface area (Å²) < 4.78 is 2.81. The molecule has 0 aliphatic rings. The van der Waals surface area contributed by atoms with Crippen LogP contribution in [0.25, 0.3) is 0 Å². The first-order valence-electron chi connectivity index (χ1n) is 6.52. The topological polar surface area (TPSA) is 46.9 Å². The van der Waals surface area contributed by atoms with Crippen LogP contribution in [-0.4, -0.2) is 15.7 Å². The first kappa shape index (κ1) is 14.8. The molecule has 0 radical (unpaired) electrons. The van der Waals surface area contributed by atoms with E-state index in [1.165, 1.54) is 0 Å². The summed E-state index contributed by atoms with van der Waals surface area (Å²) in [5.74, 6) is 0.0192. The molecule has 0 aliphatic carbocycles. The summed E-state index contributed by atoms with van der Waals surface area (Å²) in [4.78, 5) is 12.0. The highest BCUT2D eigenvalue weighted by atomic mass is 79.9.